The lowest BCUT2D eigenvalue weighted by Crippen LogP contribution is -2.36. The number of alkyl halides is 8. The van der Waals surface area contributed by atoms with Crippen LogP contribution in [0.2, 0.25) is 0 Å². The molecule has 127 heavy (non-hydrogen) atoms. The van der Waals surface area contributed by atoms with Crippen LogP contribution < -0.4 is 50.8 Å². The monoisotopic (exact) mass is 1740 g/mol. The smallest absolute Gasteiger partial charge is 0.411 e. The molecule has 656 valence electrons. The van der Waals surface area contributed by atoms with Gasteiger partial charge in [-0.15, -0.1) is 0 Å². The minimum Gasteiger partial charge on any atom is -0.453 e. The first kappa shape index (κ1) is 88.9. The summed E-state index contributed by atoms with van der Waals surface area (Å²) in [7, 11) is 1.28. The lowest BCUT2D eigenvalue weighted by atomic mass is 10.1. The van der Waals surface area contributed by atoms with Crippen molar-refractivity contribution < 1.29 is 82.7 Å². The molecule has 0 saturated heterocycles. The molecule has 5 aliphatic rings. The third-order valence-corrected chi connectivity index (χ3v) is 22.3. The number of fused-ring (bicyclic) bond motifs is 4. The number of nitriles is 4. The number of amides is 6. The Bertz CT molecular complexity index is 6200. The highest BCUT2D eigenvalue weighted by molar-refractivity contribution is 6.01. The van der Waals surface area contributed by atoms with E-state index >= 15 is 0 Å². The minimum atomic E-state index is -2.93. The highest BCUT2D eigenvalue weighted by Gasteiger charge is 2.33. The Morgan fingerprint density at radius 2 is 0.709 bits per heavy atom. The zero-order valence-electron chi connectivity index (χ0n) is 69.5. The van der Waals surface area contributed by atoms with Gasteiger partial charge in [0.2, 0.25) is 0 Å². The highest BCUT2D eigenvalue weighted by atomic mass is 19.3. The van der Waals surface area contributed by atoms with E-state index in [0.29, 0.717) is 156 Å². The molecular formula is C95H90F8N14O10. The summed E-state index contributed by atoms with van der Waals surface area (Å²) in [6, 6.07) is 56.4. The van der Waals surface area contributed by atoms with E-state index in [1.807, 2.05) is 73.7 Å². The number of carbonyl (C=O) groups excluding carboxylic acids is 4. The standard InChI is InChI=1S/C26H26F2N4O2.C24H24F2N4O2.C23H21F2N3O3.C22H19F2N3O3/c27-25(28)34-20-11-12-21-22(14-29)24(32(23(21)13-20)15-16-5-6-16)17-7-9-19(10-8-17)31-26(33)30-18-3-1-2-4-18;1-2-11-28-24(31)29-17-7-5-16(6-8-17)22-20(13-27)19-10-9-18(32-23(25)26)12-21(19)30(22)14-15-3-4-15;1-2-30-23(29)27-16-5-3-4-15(10-16)21-19(12-26)18-9-8-17(31-22(24)25)11-20(18)28(21)13-14-6-7-14;1-29-22(28)26-15-4-2-3-14(9-15)20-18(11-25)17-8-7-16(30-21(23)24)10-19(17)27(20)12-13-5-6-13/h7-13,16,18,25H,1-6,15H2,(H2,30,31,33);5-10,12,15,23H,2-4,11,14H2,1H3,(H2,28,29,31);3-5,8-11,14,22H,2,6-7,13H2,1H3,(H,27,29);2-4,7-10,13,21H,5-6,12H2,1H3,(H,26,28). The third-order valence-electron chi connectivity index (χ3n) is 22.3. The normalized spacial score (nSPS) is 14.0. The van der Waals surface area contributed by atoms with Crippen LogP contribution >= 0.6 is 0 Å². The van der Waals surface area contributed by atoms with Gasteiger partial charge < -0.3 is 68.0 Å². The molecule has 0 unspecified atom stereocenters. The van der Waals surface area contributed by atoms with Gasteiger partial charge in [0.1, 0.15) is 47.3 Å². The van der Waals surface area contributed by atoms with Crippen molar-refractivity contribution in [2.75, 3.05) is 41.5 Å². The van der Waals surface area contributed by atoms with Gasteiger partial charge in [-0.05, 0) is 209 Å². The van der Waals surface area contributed by atoms with E-state index in [2.05, 4.69) is 79.9 Å². The molecule has 4 heterocycles. The van der Waals surface area contributed by atoms with Crippen molar-refractivity contribution in [1.29, 1.82) is 21.0 Å². The highest BCUT2D eigenvalue weighted by Crippen LogP contribution is 2.46. The number of urea groups is 2. The number of methoxy groups -OCH3 is 1. The molecule has 17 rings (SSSR count). The van der Waals surface area contributed by atoms with Crippen LogP contribution in [0.25, 0.3) is 88.6 Å². The van der Waals surface area contributed by atoms with Crippen molar-refractivity contribution in [3.8, 4) is 92.3 Å². The molecule has 32 heteroatoms. The molecule has 4 aromatic heterocycles. The fraction of sp³-hybridized carbons (Fsp3) is 0.326. The molecule has 5 fully saturated rings. The fourth-order valence-corrected chi connectivity index (χ4v) is 15.9. The van der Waals surface area contributed by atoms with Gasteiger partial charge in [-0.25, -0.2) is 19.2 Å². The van der Waals surface area contributed by atoms with Crippen LogP contribution in [0.4, 0.5) is 77.1 Å². The van der Waals surface area contributed by atoms with Gasteiger partial charge in [-0.1, -0.05) is 68.3 Å². The molecule has 0 spiro atoms. The first-order valence-electron chi connectivity index (χ1n) is 41.9. The van der Waals surface area contributed by atoms with E-state index in [0.717, 1.165) is 117 Å². The minimum absolute atomic E-state index is 0.0456. The van der Waals surface area contributed by atoms with E-state index in [9.17, 15) is 75.3 Å². The molecule has 6 N–H and O–H groups in total. The Labute approximate surface area is 725 Å². The van der Waals surface area contributed by atoms with E-state index in [1.165, 1.54) is 31.4 Å². The Balaban J connectivity index is 0.000000137. The number of ether oxygens (including phenoxy) is 6. The molecule has 24 nitrogen and oxygen atoms in total. The van der Waals surface area contributed by atoms with Crippen molar-refractivity contribution in [1.82, 2.24) is 28.9 Å². The topological polar surface area (TPSA) is 311 Å². The Morgan fingerprint density at radius 1 is 0.386 bits per heavy atom. The summed E-state index contributed by atoms with van der Waals surface area (Å²) >= 11 is 0. The van der Waals surface area contributed by atoms with Gasteiger partial charge in [-0.2, -0.15) is 56.2 Å². The molecule has 6 amide bonds. The average Bonchev–Trinajstić information content (AvgIpc) is 1.62. The second-order valence-corrected chi connectivity index (χ2v) is 31.5. The Morgan fingerprint density at radius 3 is 1.01 bits per heavy atom. The van der Waals surface area contributed by atoms with Crippen LogP contribution in [0.15, 0.2) is 170 Å². The molecule has 5 aliphatic carbocycles. The van der Waals surface area contributed by atoms with Gasteiger partial charge in [0, 0.05) is 118 Å². The molecular weight excluding hydrogens is 1650 g/mol. The number of halogens is 8. The van der Waals surface area contributed by atoms with E-state index in [1.54, 1.807) is 104 Å². The van der Waals surface area contributed by atoms with Gasteiger partial charge >= 0.3 is 50.7 Å². The zero-order valence-corrected chi connectivity index (χ0v) is 69.5. The lowest BCUT2D eigenvalue weighted by molar-refractivity contribution is -0.0504. The lowest BCUT2D eigenvalue weighted by Gasteiger charge is -2.14. The van der Waals surface area contributed by atoms with Gasteiger partial charge in [-0.3, -0.25) is 10.6 Å². The van der Waals surface area contributed by atoms with Crippen LogP contribution in [0, 0.1) is 69.0 Å². The molecule has 12 aromatic rings. The number of anilines is 4. The summed E-state index contributed by atoms with van der Waals surface area (Å²) in [4.78, 5) is 47.6. The second-order valence-electron chi connectivity index (χ2n) is 31.5. The number of hydrogen-bond donors (Lipinski definition) is 6. The maximum atomic E-state index is 12.8. The maximum absolute atomic E-state index is 12.8. The van der Waals surface area contributed by atoms with Crippen molar-refractivity contribution in [2.24, 2.45) is 23.7 Å². The molecule has 0 bridgehead atoms. The first-order valence-corrected chi connectivity index (χ1v) is 41.9. The van der Waals surface area contributed by atoms with Gasteiger partial charge in [0.15, 0.2) is 0 Å². The number of aromatic nitrogens is 4. The molecule has 0 atom stereocenters. The number of rotatable bonds is 28. The van der Waals surface area contributed by atoms with Crippen molar-refractivity contribution in [3.05, 3.63) is 192 Å². The van der Waals surface area contributed by atoms with Gasteiger partial charge in [0.05, 0.1) is 80.8 Å². The maximum Gasteiger partial charge on any atom is 0.411 e. The number of hydrogen-bond acceptors (Lipinski definition) is 14. The second kappa shape index (κ2) is 40.5. The summed E-state index contributed by atoms with van der Waals surface area (Å²) in [5.74, 6) is 2.18. The number of benzene rings is 8. The Hall–Kier alpha value is -14.4. The largest absolute Gasteiger partial charge is 0.453 e. The molecule has 0 aliphatic heterocycles. The fourth-order valence-electron chi connectivity index (χ4n) is 15.9. The molecule has 0 radical (unpaired) electrons. The quantitative estimate of drug-likeness (QED) is 0.0249. The van der Waals surface area contributed by atoms with Crippen LogP contribution in [-0.4, -0.2) is 95.3 Å². The summed E-state index contributed by atoms with van der Waals surface area (Å²) in [6.45, 7) is -4.40. The van der Waals surface area contributed by atoms with Crippen LogP contribution in [0.5, 0.6) is 23.0 Å². The number of carbonyl (C=O) groups is 4. The summed E-state index contributed by atoms with van der Waals surface area (Å²) in [5.41, 5.74) is 12.9. The van der Waals surface area contributed by atoms with E-state index in [4.69, 9.17) is 4.74 Å². The first-order chi connectivity index (χ1) is 61.5. The van der Waals surface area contributed by atoms with E-state index in [-0.39, 0.29) is 47.7 Å². The Kier molecular flexibility index (Phi) is 28.3. The third kappa shape index (κ3) is 22.2. The summed E-state index contributed by atoms with van der Waals surface area (Å²) < 4.78 is 138. The predicted molar refractivity (Wildman–Crippen MR) is 464 cm³/mol. The van der Waals surface area contributed by atoms with Crippen LogP contribution in [-0.2, 0) is 35.7 Å². The predicted octanol–water partition coefficient (Wildman–Crippen LogP) is 23.1. The average molecular weight is 1740 g/mol. The van der Waals surface area contributed by atoms with Crippen LogP contribution in [0.1, 0.15) is 120 Å². The SMILES string of the molecule is CCCNC(=O)Nc1ccc(-c2c(C#N)c3ccc(OC(F)F)cc3n2CC2CC2)cc1.CCOC(=O)Nc1cccc(-c2c(C#N)c3ccc(OC(F)F)cc3n2CC2CC2)c1.COC(=O)Nc1cccc(-c2c(C#N)c3ccc(OC(F)F)cc3n2CC2CC2)c1.N#Cc1c(-c2ccc(NC(=O)NC3CCCC3)cc2)n(CC2CC2)c2cc(OC(F)F)ccc12. The van der Waals surface area contributed by atoms with Crippen molar-refractivity contribution >= 4 is 90.6 Å². The number of nitrogens with one attached hydrogen (secondary N) is 6. The van der Waals surface area contributed by atoms with Gasteiger partial charge in [0.25, 0.3) is 0 Å². The van der Waals surface area contributed by atoms with Crippen LogP contribution in [0.3, 0.4) is 0 Å². The molecule has 5 saturated carbocycles. The zero-order chi connectivity index (χ0) is 89.5. The summed E-state index contributed by atoms with van der Waals surface area (Å²) in [6.07, 6.45) is 12.7. The summed E-state index contributed by atoms with van der Waals surface area (Å²) in [5, 5.41) is 59.2. The van der Waals surface area contributed by atoms with Crippen molar-refractivity contribution in [2.45, 2.75) is 156 Å². The van der Waals surface area contributed by atoms with Crippen molar-refractivity contribution in [3.63, 3.8) is 0 Å². The molecule has 8 aromatic carbocycles. The van der Waals surface area contributed by atoms with E-state index < -0.39 is 38.6 Å². The number of nitrogens with zero attached hydrogens (tertiary/aromatic N) is 8.